The van der Waals surface area contributed by atoms with Crippen LogP contribution in [-0.4, -0.2) is 4.98 Å². The van der Waals surface area contributed by atoms with E-state index < -0.39 is 0 Å². The molecule has 0 bridgehead atoms. The first-order valence-corrected chi connectivity index (χ1v) is 11.5. The highest BCUT2D eigenvalue weighted by atomic mass is 16.3. The molecule has 0 spiro atoms. The lowest BCUT2D eigenvalue weighted by Crippen LogP contribution is -2.21. The molecule has 5 aromatic rings. The van der Waals surface area contributed by atoms with Gasteiger partial charge in [0.2, 0.25) is 0 Å². The van der Waals surface area contributed by atoms with Gasteiger partial charge in [-0.2, -0.15) is 0 Å². The minimum atomic E-state index is -0.217. The van der Waals surface area contributed by atoms with E-state index in [1.54, 1.807) is 0 Å². The Balaban J connectivity index is 1.85. The van der Waals surface area contributed by atoms with Gasteiger partial charge in [-0.1, -0.05) is 83.1 Å². The minimum Gasteiger partial charge on any atom is -0.455 e. The molecule has 6 rings (SSSR count). The van der Waals surface area contributed by atoms with Crippen molar-refractivity contribution < 1.29 is 4.42 Å². The lowest BCUT2D eigenvalue weighted by Gasteiger charge is -2.29. The van der Waals surface area contributed by atoms with Crippen molar-refractivity contribution in [1.29, 1.82) is 0 Å². The van der Waals surface area contributed by atoms with Crippen molar-refractivity contribution >= 4 is 32.7 Å². The molecule has 2 nitrogen and oxygen atoms in total. The minimum absolute atomic E-state index is 0.182. The van der Waals surface area contributed by atoms with Crippen LogP contribution in [-0.2, 0) is 11.8 Å². The molecule has 3 aromatic carbocycles. The number of aryl methyl sites for hydroxylation is 1. The molecular formula is C30H29NO. The van der Waals surface area contributed by atoms with E-state index in [1.165, 1.54) is 49.4 Å². The lowest BCUT2D eigenvalue weighted by molar-refractivity contribution is 0.410. The van der Waals surface area contributed by atoms with E-state index >= 15 is 0 Å². The van der Waals surface area contributed by atoms with E-state index in [4.69, 9.17) is 9.40 Å². The Kier molecular flexibility index (Phi) is 3.80. The molecule has 160 valence electrons. The standard InChI is InChI=1S/C30H29NO/c1-17-11-13-21-23-24-22(14-12-18(15-29(2,3)4)28(24)32-27(17)23)30(5,6)25-20-10-8-7-9-19(20)16-31-26(21)25/h7-14,16H,15H2,1-6H3. The highest BCUT2D eigenvalue weighted by Crippen LogP contribution is 2.52. The van der Waals surface area contributed by atoms with Gasteiger partial charge in [-0.05, 0) is 46.4 Å². The van der Waals surface area contributed by atoms with E-state index in [0.29, 0.717) is 0 Å². The largest absolute Gasteiger partial charge is 0.455 e. The summed E-state index contributed by atoms with van der Waals surface area (Å²) in [6, 6.07) is 17.7. The third kappa shape index (κ3) is 2.56. The van der Waals surface area contributed by atoms with Crippen molar-refractivity contribution in [3.8, 4) is 11.3 Å². The molecule has 2 aromatic heterocycles. The fourth-order valence-corrected chi connectivity index (χ4v) is 5.72. The number of nitrogens with zero attached hydrogens (tertiary/aromatic N) is 1. The van der Waals surface area contributed by atoms with Gasteiger partial charge in [-0.25, -0.2) is 0 Å². The molecular weight excluding hydrogens is 390 g/mol. The molecule has 0 saturated carbocycles. The maximum Gasteiger partial charge on any atom is 0.139 e. The second-order valence-corrected chi connectivity index (χ2v) is 11.1. The predicted octanol–water partition coefficient (Wildman–Crippen LogP) is 8.34. The number of pyridine rings is 1. The zero-order chi connectivity index (χ0) is 22.4. The first-order chi connectivity index (χ1) is 15.2. The Morgan fingerprint density at radius 1 is 0.906 bits per heavy atom. The van der Waals surface area contributed by atoms with Crippen molar-refractivity contribution in [1.82, 2.24) is 4.98 Å². The summed E-state index contributed by atoms with van der Waals surface area (Å²) in [5, 5.41) is 4.97. The normalized spacial score (nSPS) is 14.9. The molecule has 32 heavy (non-hydrogen) atoms. The van der Waals surface area contributed by atoms with Gasteiger partial charge in [-0.3, -0.25) is 4.98 Å². The maximum atomic E-state index is 6.69. The monoisotopic (exact) mass is 419 g/mol. The Morgan fingerprint density at radius 2 is 1.69 bits per heavy atom. The van der Waals surface area contributed by atoms with Crippen LogP contribution >= 0.6 is 0 Å². The molecule has 0 radical (unpaired) electrons. The molecule has 0 atom stereocenters. The van der Waals surface area contributed by atoms with Crippen LogP contribution in [0.25, 0.3) is 44.0 Å². The third-order valence-electron chi connectivity index (χ3n) is 7.12. The molecule has 1 aliphatic rings. The van der Waals surface area contributed by atoms with Crippen molar-refractivity contribution in [2.75, 3.05) is 0 Å². The van der Waals surface area contributed by atoms with Crippen molar-refractivity contribution in [2.24, 2.45) is 5.41 Å². The van der Waals surface area contributed by atoms with Gasteiger partial charge < -0.3 is 4.42 Å². The van der Waals surface area contributed by atoms with Crippen LogP contribution in [0.4, 0.5) is 0 Å². The van der Waals surface area contributed by atoms with Crippen LogP contribution in [0.3, 0.4) is 0 Å². The molecule has 1 aliphatic carbocycles. The number of hydrogen-bond acceptors (Lipinski definition) is 2. The van der Waals surface area contributed by atoms with Crippen molar-refractivity contribution in [3.63, 3.8) is 0 Å². The van der Waals surface area contributed by atoms with E-state index in [2.05, 4.69) is 90.1 Å². The van der Waals surface area contributed by atoms with Gasteiger partial charge in [0.1, 0.15) is 11.2 Å². The SMILES string of the molecule is Cc1ccc2c3c1oc1c(CC(C)(C)C)ccc(c13)C(C)(C)c1c-2ncc2ccccc12. The molecule has 2 heteroatoms. The first kappa shape index (κ1) is 19.5. The van der Waals surface area contributed by atoms with Crippen LogP contribution in [0.1, 0.15) is 56.9 Å². The smallest absolute Gasteiger partial charge is 0.139 e. The Labute approximate surface area is 189 Å². The fraction of sp³-hybridized carbons (Fsp3) is 0.300. The van der Waals surface area contributed by atoms with Gasteiger partial charge in [0.05, 0.1) is 5.69 Å². The van der Waals surface area contributed by atoms with Gasteiger partial charge in [0, 0.05) is 33.3 Å². The summed E-state index contributed by atoms with van der Waals surface area (Å²) in [6.07, 6.45) is 3.00. The molecule has 2 heterocycles. The molecule has 0 unspecified atom stereocenters. The van der Waals surface area contributed by atoms with Crippen LogP contribution in [0, 0.1) is 12.3 Å². The molecule has 0 aliphatic heterocycles. The van der Waals surface area contributed by atoms with Crippen LogP contribution in [0.15, 0.2) is 59.1 Å². The molecule has 0 amide bonds. The number of hydrogen-bond donors (Lipinski definition) is 0. The van der Waals surface area contributed by atoms with Gasteiger partial charge in [0.25, 0.3) is 0 Å². The number of fused-ring (bicyclic) bond motifs is 4. The summed E-state index contributed by atoms with van der Waals surface area (Å²) in [4.78, 5) is 5.05. The van der Waals surface area contributed by atoms with Gasteiger partial charge >= 0.3 is 0 Å². The Hall–Kier alpha value is -3.13. The summed E-state index contributed by atoms with van der Waals surface area (Å²) in [6.45, 7) is 13.7. The summed E-state index contributed by atoms with van der Waals surface area (Å²) in [7, 11) is 0. The Bertz CT molecular complexity index is 1560. The summed E-state index contributed by atoms with van der Waals surface area (Å²) >= 11 is 0. The average molecular weight is 420 g/mol. The van der Waals surface area contributed by atoms with E-state index in [-0.39, 0.29) is 10.8 Å². The molecule has 0 N–H and O–H groups in total. The maximum absolute atomic E-state index is 6.69. The second kappa shape index (κ2) is 6.22. The van der Waals surface area contributed by atoms with Crippen LogP contribution < -0.4 is 0 Å². The summed E-state index contributed by atoms with van der Waals surface area (Å²) in [5.74, 6) is 0. The number of aromatic nitrogens is 1. The van der Waals surface area contributed by atoms with E-state index in [1.807, 2.05) is 6.20 Å². The Morgan fingerprint density at radius 3 is 2.47 bits per heavy atom. The zero-order valence-corrected chi connectivity index (χ0v) is 19.8. The van der Waals surface area contributed by atoms with Crippen molar-refractivity contribution in [3.05, 3.63) is 77.0 Å². The number of rotatable bonds is 1. The quantitative estimate of drug-likeness (QED) is 0.273. The highest BCUT2D eigenvalue weighted by molar-refractivity contribution is 6.17. The lowest BCUT2D eigenvalue weighted by atomic mass is 9.74. The number of furan rings is 1. The number of benzene rings is 3. The molecule has 0 saturated heterocycles. The van der Waals surface area contributed by atoms with Crippen molar-refractivity contribution in [2.45, 2.75) is 53.4 Å². The highest BCUT2D eigenvalue weighted by Gasteiger charge is 2.36. The zero-order valence-electron chi connectivity index (χ0n) is 19.8. The van der Waals surface area contributed by atoms with E-state index in [0.717, 1.165) is 23.3 Å². The molecule has 0 fully saturated rings. The summed E-state index contributed by atoms with van der Waals surface area (Å²) < 4.78 is 6.69. The van der Waals surface area contributed by atoms with Gasteiger partial charge in [-0.15, -0.1) is 0 Å². The second-order valence-electron chi connectivity index (χ2n) is 11.1. The summed E-state index contributed by atoms with van der Waals surface area (Å²) in [5.41, 5.74) is 9.38. The topological polar surface area (TPSA) is 26.0 Å². The van der Waals surface area contributed by atoms with E-state index in [9.17, 15) is 0 Å². The van der Waals surface area contributed by atoms with Gasteiger partial charge in [0.15, 0.2) is 0 Å². The van der Waals surface area contributed by atoms with Crippen LogP contribution in [0.2, 0.25) is 0 Å². The fourth-order valence-electron chi connectivity index (χ4n) is 5.72. The first-order valence-electron chi connectivity index (χ1n) is 11.5. The van der Waals surface area contributed by atoms with Crippen LogP contribution in [0.5, 0.6) is 0 Å². The third-order valence-corrected chi connectivity index (χ3v) is 7.12. The average Bonchev–Trinajstić information content (AvgIpc) is 3.11. The predicted molar refractivity (Wildman–Crippen MR) is 134 cm³/mol.